The first kappa shape index (κ1) is 48.3. The van der Waals surface area contributed by atoms with E-state index in [4.69, 9.17) is 0 Å². The monoisotopic (exact) mass is 1000 g/mol. The van der Waals surface area contributed by atoms with Gasteiger partial charge < -0.3 is 0 Å². The molecule has 380 valence electrons. The van der Waals surface area contributed by atoms with Gasteiger partial charge in [-0.05, 0) is 198 Å². The second kappa shape index (κ2) is 16.7. The van der Waals surface area contributed by atoms with Crippen LogP contribution in [0.25, 0.3) is 141 Å². The lowest BCUT2D eigenvalue weighted by molar-refractivity contribution is 0.568. The maximum absolute atomic E-state index is 2.62. The topological polar surface area (TPSA) is 0 Å². The van der Waals surface area contributed by atoms with E-state index in [1.165, 1.54) is 164 Å². The molecule has 0 N–H and O–H groups in total. The highest BCUT2D eigenvalue weighted by molar-refractivity contribution is 6.47. The van der Waals surface area contributed by atoms with Crippen LogP contribution in [-0.2, 0) is 21.7 Å². The van der Waals surface area contributed by atoms with Crippen molar-refractivity contribution >= 4 is 97.0 Å². The van der Waals surface area contributed by atoms with E-state index < -0.39 is 0 Å². The fourth-order valence-electron chi connectivity index (χ4n) is 13.6. The molecule has 0 nitrogen and oxygen atoms in total. The Morgan fingerprint density at radius 1 is 0.179 bits per heavy atom. The maximum atomic E-state index is 2.62. The molecule has 0 saturated heterocycles. The Morgan fingerprint density at radius 3 is 0.744 bits per heavy atom. The second-order valence-electron chi connectivity index (χ2n) is 26.8. The molecular weight excluding hydrogens is 937 g/mol. The van der Waals surface area contributed by atoms with Crippen molar-refractivity contribution in [2.75, 3.05) is 0 Å². The van der Waals surface area contributed by atoms with Gasteiger partial charge >= 0.3 is 0 Å². The number of benzene rings is 12. The molecule has 0 aliphatic carbocycles. The van der Waals surface area contributed by atoms with Gasteiger partial charge in [0.15, 0.2) is 0 Å². The van der Waals surface area contributed by atoms with Crippen LogP contribution < -0.4 is 0 Å². The first-order chi connectivity index (χ1) is 37.3. The van der Waals surface area contributed by atoms with Gasteiger partial charge in [0, 0.05) is 0 Å². The Balaban J connectivity index is 1.23. The molecule has 78 heavy (non-hydrogen) atoms. The van der Waals surface area contributed by atoms with Gasteiger partial charge in [0.2, 0.25) is 0 Å². The number of fused-ring (bicyclic) bond motifs is 11. The van der Waals surface area contributed by atoms with Crippen molar-refractivity contribution in [2.45, 2.75) is 105 Å². The van der Waals surface area contributed by atoms with E-state index in [0.29, 0.717) is 0 Å². The Hall–Kier alpha value is -8.06. The smallest absolute Gasteiger partial charge is 0.000719 e. The zero-order chi connectivity index (χ0) is 53.9. The minimum atomic E-state index is -0.0599. The highest BCUT2D eigenvalue weighted by Gasteiger charge is 2.31. The molecule has 0 atom stereocenters. The summed E-state index contributed by atoms with van der Waals surface area (Å²) in [7, 11) is 0. The lowest BCUT2D eigenvalue weighted by atomic mass is 9.76. The molecule has 0 unspecified atom stereocenters. The van der Waals surface area contributed by atoms with Crippen LogP contribution in [-0.4, -0.2) is 0 Å². The van der Waals surface area contributed by atoms with Crippen molar-refractivity contribution < 1.29 is 0 Å². The molecule has 0 amide bonds. The molecule has 0 heteroatoms. The van der Waals surface area contributed by atoms with Crippen molar-refractivity contribution in [3.63, 3.8) is 0 Å². The van der Waals surface area contributed by atoms with Gasteiger partial charge in [-0.15, -0.1) is 0 Å². The molecule has 14 rings (SSSR count). The van der Waals surface area contributed by atoms with E-state index >= 15 is 0 Å². The average molecular weight is 1010 g/mol. The standard InChI is InChI=1S/C78H68/c1-75(2,3)49-37-47(38-50(41-49)76(4,5)6)67-55-31-21-22-32-56(55)68(48-39-51(77(7,8)9)42-52(40-48)78(10,11)12)74-64-44-62-57-33-23-35-59-69(57)63(43-61(62)58-34-24-36-60(70(58)64)72(67)74)73-66(46-27-17-14-18-28-46)54-30-20-19-29-53(54)65(71(59)73)45-25-15-13-16-26-45/h13-44H,1-12H3. The summed E-state index contributed by atoms with van der Waals surface area (Å²) in [5, 5.41) is 23.6. The fourth-order valence-corrected chi connectivity index (χ4v) is 13.6. The van der Waals surface area contributed by atoms with Crippen LogP contribution >= 0.6 is 0 Å². The van der Waals surface area contributed by atoms with Crippen LogP contribution in [0.2, 0.25) is 0 Å². The predicted molar refractivity (Wildman–Crippen MR) is 343 cm³/mol. The van der Waals surface area contributed by atoms with Crippen molar-refractivity contribution in [1.82, 2.24) is 0 Å². The van der Waals surface area contributed by atoms with Crippen LogP contribution in [0.15, 0.2) is 194 Å². The number of hydrogen-bond donors (Lipinski definition) is 0. The molecule has 0 fully saturated rings. The van der Waals surface area contributed by atoms with Crippen molar-refractivity contribution in [1.29, 1.82) is 0 Å². The Bertz CT molecular complexity index is 4700. The summed E-state index contributed by atoms with van der Waals surface area (Å²) in [5.74, 6) is 0. The average Bonchev–Trinajstić information content (AvgIpc) is 2.69. The fraction of sp³-hybridized carbons (Fsp3) is 0.205. The molecular formula is C78H68. The number of rotatable bonds is 4. The Morgan fingerprint density at radius 2 is 0.436 bits per heavy atom. The Kier molecular flexibility index (Phi) is 10.4. The van der Waals surface area contributed by atoms with E-state index in [1.54, 1.807) is 0 Å². The van der Waals surface area contributed by atoms with Crippen LogP contribution in [0.1, 0.15) is 105 Å². The molecule has 0 bridgehead atoms. The zero-order valence-electron chi connectivity index (χ0n) is 47.5. The van der Waals surface area contributed by atoms with E-state index in [2.05, 4.69) is 277 Å². The first-order valence-corrected chi connectivity index (χ1v) is 28.3. The van der Waals surface area contributed by atoms with Gasteiger partial charge in [0.25, 0.3) is 0 Å². The van der Waals surface area contributed by atoms with Crippen molar-refractivity contribution in [3.8, 4) is 44.5 Å². The minimum Gasteiger partial charge on any atom is -0.0622 e. The third-order valence-corrected chi connectivity index (χ3v) is 17.7. The molecule has 0 aliphatic rings. The van der Waals surface area contributed by atoms with Gasteiger partial charge in [-0.25, -0.2) is 0 Å². The van der Waals surface area contributed by atoms with Gasteiger partial charge in [-0.2, -0.15) is 0 Å². The zero-order valence-corrected chi connectivity index (χ0v) is 47.5. The molecule has 14 aromatic rings. The van der Waals surface area contributed by atoms with Gasteiger partial charge in [-0.1, -0.05) is 265 Å². The minimum absolute atomic E-state index is 0.0534. The highest BCUT2D eigenvalue weighted by atomic mass is 14.3. The second-order valence-corrected chi connectivity index (χ2v) is 26.8. The molecule has 0 radical (unpaired) electrons. The summed E-state index contributed by atoms with van der Waals surface area (Å²) in [5.41, 5.74) is 15.5. The van der Waals surface area contributed by atoms with E-state index in [-0.39, 0.29) is 21.7 Å². The molecule has 0 spiro atoms. The summed E-state index contributed by atoms with van der Waals surface area (Å²) in [6.45, 7) is 28.4. The molecule has 0 heterocycles. The van der Waals surface area contributed by atoms with E-state index in [0.717, 1.165) is 0 Å². The van der Waals surface area contributed by atoms with E-state index in [9.17, 15) is 0 Å². The summed E-state index contributed by atoms with van der Waals surface area (Å²) in [4.78, 5) is 0. The lowest BCUT2D eigenvalue weighted by Gasteiger charge is -2.28. The van der Waals surface area contributed by atoms with E-state index in [1.807, 2.05) is 0 Å². The normalized spacial score (nSPS) is 13.1. The molecule has 14 aromatic carbocycles. The third-order valence-electron chi connectivity index (χ3n) is 17.7. The SMILES string of the molecule is CC(C)(C)c1cc(-c2c3ccccc3c(-c3cc(C(C)(C)C)cc(C(C)(C)C)c3)c3c4cc5c(cc6c7c(-c8ccccc8)c8ccccc8c(-c8ccccc8)c7c7cccc5c76)c5cccc(c23)c54)cc(C(C)(C)C)c1. The lowest BCUT2D eigenvalue weighted by Crippen LogP contribution is -2.16. The van der Waals surface area contributed by atoms with Gasteiger partial charge in [0.1, 0.15) is 0 Å². The number of hydrogen-bond acceptors (Lipinski definition) is 0. The van der Waals surface area contributed by atoms with Crippen LogP contribution in [0.4, 0.5) is 0 Å². The van der Waals surface area contributed by atoms with Gasteiger partial charge in [-0.3, -0.25) is 0 Å². The highest BCUT2D eigenvalue weighted by Crippen LogP contribution is 2.57. The van der Waals surface area contributed by atoms with Crippen molar-refractivity contribution in [2.24, 2.45) is 0 Å². The maximum Gasteiger partial charge on any atom is -0.000719 e. The van der Waals surface area contributed by atoms with Crippen LogP contribution in [0, 0.1) is 0 Å². The summed E-state index contributed by atoms with van der Waals surface area (Å²) < 4.78 is 0. The third kappa shape index (κ3) is 7.18. The summed E-state index contributed by atoms with van der Waals surface area (Å²) >= 11 is 0. The van der Waals surface area contributed by atoms with Crippen molar-refractivity contribution in [3.05, 3.63) is 216 Å². The Labute approximate surface area is 460 Å². The largest absolute Gasteiger partial charge is 0.0622 e. The van der Waals surface area contributed by atoms with Gasteiger partial charge in [0.05, 0.1) is 0 Å². The molecule has 0 aliphatic heterocycles. The summed E-state index contributed by atoms with van der Waals surface area (Å²) in [6.07, 6.45) is 0. The van der Waals surface area contributed by atoms with Crippen LogP contribution in [0.5, 0.6) is 0 Å². The molecule has 0 saturated carbocycles. The summed E-state index contributed by atoms with van der Waals surface area (Å²) in [6, 6.07) is 75.4. The first-order valence-electron chi connectivity index (χ1n) is 28.3. The van der Waals surface area contributed by atoms with Crippen LogP contribution in [0.3, 0.4) is 0 Å². The molecule has 0 aromatic heterocycles. The quantitative estimate of drug-likeness (QED) is 0.154. The predicted octanol–water partition coefficient (Wildman–Crippen LogP) is 22.8.